The molecule has 1 fully saturated rings. The minimum atomic E-state index is 0.639. The molecule has 2 unspecified atom stereocenters. The lowest BCUT2D eigenvalue weighted by atomic mass is 10.1. The number of anilines is 2. The van der Waals surface area contributed by atoms with Crippen molar-refractivity contribution in [2.45, 2.75) is 33.2 Å². The molecule has 2 nitrogen and oxygen atoms in total. The molecule has 1 saturated heterocycles. The molecule has 0 aliphatic carbocycles. The van der Waals surface area contributed by atoms with Crippen molar-refractivity contribution in [2.24, 2.45) is 5.92 Å². The lowest BCUT2D eigenvalue weighted by Gasteiger charge is -2.26. The molecule has 0 saturated carbocycles. The first kappa shape index (κ1) is 10.3. The molecule has 0 radical (unpaired) electrons. The fourth-order valence-electron chi connectivity index (χ4n) is 2.59. The van der Waals surface area contributed by atoms with Crippen molar-refractivity contribution in [1.82, 2.24) is 0 Å². The second-order valence-corrected chi connectivity index (χ2v) is 4.83. The molecular formula is C13H20N2. The Kier molecular flexibility index (Phi) is 2.59. The van der Waals surface area contributed by atoms with E-state index in [0.717, 1.165) is 18.2 Å². The Balaban J connectivity index is 2.33. The summed E-state index contributed by atoms with van der Waals surface area (Å²) in [6.07, 6.45) is 1.29. The van der Waals surface area contributed by atoms with E-state index in [2.05, 4.69) is 31.7 Å². The van der Waals surface area contributed by atoms with Crippen LogP contribution in [0.25, 0.3) is 0 Å². The second kappa shape index (κ2) is 3.76. The van der Waals surface area contributed by atoms with Gasteiger partial charge in [-0.1, -0.05) is 13.0 Å². The van der Waals surface area contributed by atoms with Gasteiger partial charge in [-0.25, -0.2) is 0 Å². The van der Waals surface area contributed by atoms with Crippen LogP contribution in [0.15, 0.2) is 18.2 Å². The summed E-state index contributed by atoms with van der Waals surface area (Å²) in [6.45, 7) is 7.89. The first-order valence-electron chi connectivity index (χ1n) is 5.71. The highest BCUT2D eigenvalue weighted by Crippen LogP contribution is 2.32. The van der Waals surface area contributed by atoms with E-state index in [1.807, 2.05) is 12.1 Å². The van der Waals surface area contributed by atoms with Gasteiger partial charge in [0.2, 0.25) is 0 Å². The minimum absolute atomic E-state index is 0.639. The monoisotopic (exact) mass is 204 g/mol. The third-order valence-electron chi connectivity index (χ3n) is 3.44. The van der Waals surface area contributed by atoms with Crippen molar-refractivity contribution >= 4 is 11.4 Å². The van der Waals surface area contributed by atoms with Gasteiger partial charge in [-0.2, -0.15) is 0 Å². The number of nitrogens with zero attached hydrogens (tertiary/aromatic N) is 1. The van der Waals surface area contributed by atoms with Crippen molar-refractivity contribution < 1.29 is 0 Å². The van der Waals surface area contributed by atoms with Gasteiger partial charge in [-0.15, -0.1) is 0 Å². The summed E-state index contributed by atoms with van der Waals surface area (Å²) in [5.74, 6) is 0.792. The standard InChI is InChI=1S/C13H20N2/c1-9-7-10(2)15(8-9)13-6-4-5-12(14)11(13)3/h4-6,9-10H,7-8,14H2,1-3H3. The zero-order valence-corrected chi connectivity index (χ0v) is 9.83. The molecule has 0 aromatic heterocycles. The maximum absolute atomic E-state index is 5.94. The van der Waals surface area contributed by atoms with Crippen molar-refractivity contribution in [1.29, 1.82) is 0 Å². The predicted molar refractivity (Wildman–Crippen MR) is 66.2 cm³/mol. The first-order chi connectivity index (χ1) is 7.09. The molecule has 0 amide bonds. The molecule has 1 aromatic carbocycles. The second-order valence-electron chi connectivity index (χ2n) is 4.83. The highest BCUT2D eigenvalue weighted by Gasteiger charge is 2.27. The Bertz CT molecular complexity index is 360. The fourth-order valence-corrected chi connectivity index (χ4v) is 2.59. The van der Waals surface area contributed by atoms with Crippen LogP contribution >= 0.6 is 0 Å². The normalized spacial score (nSPS) is 25.9. The van der Waals surface area contributed by atoms with Gasteiger partial charge in [0, 0.05) is 24.0 Å². The van der Waals surface area contributed by atoms with Crippen LogP contribution < -0.4 is 10.6 Å². The van der Waals surface area contributed by atoms with E-state index >= 15 is 0 Å². The summed E-state index contributed by atoms with van der Waals surface area (Å²) in [7, 11) is 0. The summed E-state index contributed by atoms with van der Waals surface area (Å²) in [4.78, 5) is 2.48. The fraction of sp³-hybridized carbons (Fsp3) is 0.538. The van der Waals surface area contributed by atoms with Crippen molar-refractivity contribution in [2.75, 3.05) is 17.2 Å². The maximum atomic E-state index is 5.94. The number of rotatable bonds is 1. The van der Waals surface area contributed by atoms with Crippen molar-refractivity contribution in [3.63, 3.8) is 0 Å². The van der Waals surface area contributed by atoms with Crippen LogP contribution in [0, 0.1) is 12.8 Å². The van der Waals surface area contributed by atoms with Crippen molar-refractivity contribution in [3.05, 3.63) is 23.8 Å². The molecule has 82 valence electrons. The van der Waals surface area contributed by atoms with Gasteiger partial charge >= 0.3 is 0 Å². The van der Waals surface area contributed by atoms with E-state index in [9.17, 15) is 0 Å². The lowest BCUT2D eigenvalue weighted by molar-refractivity contribution is 0.625. The van der Waals surface area contributed by atoms with E-state index < -0.39 is 0 Å². The summed E-state index contributed by atoms with van der Waals surface area (Å²) in [5, 5.41) is 0. The molecular weight excluding hydrogens is 184 g/mol. The Hall–Kier alpha value is -1.18. The number of nitrogens with two attached hydrogens (primary N) is 1. The van der Waals surface area contributed by atoms with E-state index in [1.54, 1.807) is 0 Å². The Morgan fingerprint density at radius 2 is 2.07 bits per heavy atom. The average Bonchev–Trinajstić information content (AvgIpc) is 2.50. The Morgan fingerprint density at radius 3 is 2.67 bits per heavy atom. The molecule has 1 aliphatic rings. The highest BCUT2D eigenvalue weighted by molar-refractivity contribution is 5.64. The third-order valence-corrected chi connectivity index (χ3v) is 3.44. The quantitative estimate of drug-likeness (QED) is 0.713. The summed E-state index contributed by atoms with van der Waals surface area (Å²) >= 11 is 0. The molecule has 0 spiro atoms. The smallest absolute Gasteiger partial charge is 0.0419 e. The van der Waals surface area contributed by atoms with Crippen LogP contribution in [-0.4, -0.2) is 12.6 Å². The molecule has 0 bridgehead atoms. The molecule has 2 heteroatoms. The van der Waals surface area contributed by atoms with Gasteiger partial charge < -0.3 is 10.6 Å². The molecule has 1 aliphatic heterocycles. The molecule has 15 heavy (non-hydrogen) atoms. The number of benzene rings is 1. The number of nitrogen functional groups attached to an aromatic ring is 1. The maximum Gasteiger partial charge on any atom is 0.0419 e. The van der Waals surface area contributed by atoms with Gasteiger partial charge in [0.1, 0.15) is 0 Å². The van der Waals surface area contributed by atoms with Crippen LogP contribution in [0.3, 0.4) is 0 Å². The predicted octanol–water partition coefficient (Wildman–Crippen LogP) is 2.81. The van der Waals surface area contributed by atoms with E-state index in [1.165, 1.54) is 17.7 Å². The molecule has 2 rings (SSSR count). The van der Waals surface area contributed by atoms with Crippen LogP contribution in [-0.2, 0) is 0 Å². The minimum Gasteiger partial charge on any atom is -0.398 e. The van der Waals surface area contributed by atoms with Gasteiger partial charge in [0.25, 0.3) is 0 Å². The zero-order chi connectivity index (χ0) is 11.0. The van der Waals surface area contributed by atoms with Gasteiger partial charge in [0.05, 0.1) is 0 Å². The van der Waals surface area contributed by atoms with Crippen LogP contribution in [0.2, 0.25) is 0 Å². The topological polar surface area (TPSA) is 29.3 Å². The van der Waals surface area contributed by atoms with Crippen LogP contribution in [0.1, 0.15) is 25.8 Å². The van der Waals surface area contributed by atoms with Gasteiger partial charge in [0.15, 0.2) is 0 Å². The largest absolute Gasteiger partial charge is 0.398 e. The van der Waals surface area contributed by atoms with Gasteiger partial charge in [-0.05, 0) is 43.9 Å². The van der Waals surface area contributed by atoms with Crippen LogP contribution in [0.4, 0.5) is 11.4 Å². The summed E-state index contributed by atoms with van der Waals surface area (Å²) in [6, 6.07) is 6.84. The SMILES string of the molecule is Cc1c(N)cccc1N1CC(C)CC1C. The van der Waals surface area contributed by atoms with E-state index in [0.29, 0.717) is 6.04 Å². The molecule has 2 atom stereocenters. The number of hydrogen-bond donors (Lipinski definition) is 1. The van der Waals surface area contributed by atoms with E-state index in [-0.39, 0.29) is 0 Å². The molecule has 1 heterocycles. The first-order valence-corrected chi connectivity index (χ1v) is 5.71. The van der Waals surface area contributed by atoms with Crippen molar-refractivity contribution in [3.8, 4) is 0 Å². The number of hydrogen-bond acceptors (Lipinski definition) is 2. The lowest BCUT2D eigenvalue weighted by Crippen LogP contribution is -2.27. The Morgan fingerprint density at radius 1 is 1.33 bits per heavy atom. The Labute approximate surface area is 92.1 Å². The summed E-state index contributed by atoms with van der Waals surface area (Å²) in [5.41, 5.74) is 9.38. The third kappa shape index (κ3) is 1.81. The van der Waals surface area contributed by atoms with Gasteiger partial charge in [-0.3, -0.25) is 0 Å². The van der Waals surface area contributed by atoms with E-state index in [4.69, 9.17) is 5.73 Å². The average molecular weight is 204 g/mol. The summed E-state index contributed by atoms with van der Waals surface area (Å²) < 4.78 is 0. The van der Waals surface area contributed by atoms with Crippen LogP contribution in [0.5, 0.6) is 0 Å². The zero-order valence-electron chi connectivity index (χ0n) is 9.83. The molecule has 2 N–H and O–H groups in total. The molecule has 1 aromatic rings. The highest BCUT2D eigenvalue weighted by atomic mass is 15.2.